The minimum Gasteiger partial charge on any atom is -0.426 e. The third-order valence-electron chi connectivity index (χ3n) is 2.09. The van der Waals surface area contributed by atoms with E-state index in [4.69, 9.17) is 0 Å². The van der Waals surface area contributed by atoms with Crippen LogP contribution in [0.4, 0.5) is 22.0 Å². The molecule has 0 unspecified atom stereocenters. The van der Waals surface area contributed by atoms with Crippen LogP contribution in [0.1, 0.15) is 12.5 Å². The maximum Gasteiger partial charge on any atom is 0.499 e. The second-order valence-corrected chi connectivity index (χ2v) is 3.85. The highest BCUT2D eigenvalue weighted by atomic mass is 19.4. The SMILES string of the molecule is CC(=O)NCC#Cc1ccc(OC(F)(F)C(F)(F)F)cc1. The molecule has 0 radical (unpaired) electrons. The van der Waals surface area contributed by atoms with Crippen molar-refractivity contribution in [1.82, 2.24) is 5.32 Å². The molecule has 1 aromatic carbocycles. The number of carbonyl (C=O) groups is 1. The first-order valence-electron chi connectivity index (χ1n) is 5.59. The summed E-state index contributed by atoms with van der Waals surface area (Å²) in [5.41, 5.74) is 0.378. The number of halogens is 5. The number of amides is 1. The summed E-state index contributed by atoms with van der Waals surface area (Å²) in [6, 6.07) is 4.34. The first kappa shape index (κ1) is 16.8. The van der Waals surface area contributed by atoms with Crippen LogP contribution in [0.15, 0.2) is 24.3 Å². The molecule has 0 saturated carbocycles. The van der Waals surface area contributed by atoms with Gasteiger partial charge in [-0.25, -0.2) is 0 Å². The Kier molecular flexibility index (Phi) is 5.13. The van der Waals surface area contributed by atoms with Crippen molar-refractivity contribution in [3.8, 4) is 17.6 Å². The molecule has 1 aromatic rings. The lowest BCUT2D eigenvalue weighted by Crippen LogP contribution is -2.41. The van der Waals surface area contributed by atoms with Crippen LogP contribution in [-0.2, 0) is 4.79 Å². The molecule has 0 saturated heterocycles. The van der Waals surface area contributed by atoms with Crippen molar-refractivity contribution < 1.29 is 31.5 Å². The van der Waals surface area contributed by atoms with Gasteiger partial charge in [-0.1, -0.05) is 11.8 Å². The van der Waals surface area contributed by atoms with E-state index in [2.05, 4.69) is 21.9 Å². The fourth-order valence-electron chi connectivity index (χ4n) is 1.13. The highest BCUT2D eigenvalue weighted by Gasteiger charge is 2.61. The van der Waals surface area contributed by atoms with E-state index in [1.165, 1.54) is 19.1 Å². The van der Waals surface area contributed by atoms with Crippen LogP contribution in [0.2, 0.25) is 0 Å². The van der Waals surface area contributed by atoms with Gasteiger partial charge in [0.2, 0.25) is 5.91 Å². The Bertz CT molecular complexity index is 555. The van der Waals surface area contributed by atoms with Gasteiger partial charge in [0.05, 0.1) is 6.54 Å². The van der Waals surface area contributed by atoms with Gasteiger partial charge in [-0.15, -0.1) is 0 Å². The summed E-state index contributed by atoms with van der Waals surface area (Å²) in [6.07, 6.45) is -11.0. The van der Waals surface area contributed by atoms with Crippen molar-refractivity contribution in [2.45, 2.75) is 19.2 Å². The van der Waals surface area contributed by atoms with Gasteiger partial charge in [0.15, 0.2) is 0 Å². The lowest BCUT2D eigenvalue weighted by molar-refractivity contribution is -0.360. The van der Waals surface area contributed by atoms with Crippen LogP contribution in [0, 0.1) is 11.8 Å². The second kappa shape index (κ2) is 6.43. The maximum atomic E-state index is 12.6. The Morgan fingerprint density at radius 2 is 1.76 bits per heavy atom. The van der Waals surface area contributed by atoms with Gasteiger partial charge in [-0.3, -0.25) is 4.79 Å². The average molecular weight is 307 g/mol. The van der Waals surface area contributed by atoms with Crippen molar-refractivity contribution in [2.75, 3.05) is 6.54 Å². The minimum atomic E-state index is -5.79. The molecule has 0 aromatic heterocycles. The van der Waals surface area contributed by atoms with E-state index in [1.807, 2.05) is 0 Å². The summed E-state index contributed by atoms with van der Waals surface area (Å²) in [7, 11) is 0. The van der Waals surface area contributed by atoms with E-state index in [0.717, 1.165) is 12.1 Å². The number of rotatable bonds is 3. The Hall–Kier alpha value is -2.30. The molecule has 0 bridgehead atoms. The fourth-order valence-corrected chi connectivity index (χ4v) is 1.13. The van der Waals surface area contributed by atoms with Crippen LogP contribution >= 0.6 is 0 Å². The third kappa shape index (κ3) is 5.30. The van der Waals surface area contributed by atoms with Gasteiger partial charge in [0, 0.05) is 12.5 Å². The van der Waals surface area contributed by atoms with Crippen molar-refractivity contribution in [3.05, 3.63) is 29.8 Å². The molecule has 0 aliphatic carbocycles. The number of benzene rings is 1. The standard InChI is InChI=1S/C13H10F5NO2/c1-9(20)19-8-2-3-10-4-6-11(7-5-10)21-13(17,18)12(14,15)16/h4-7H,8H2,1H3,(H,19,20). The summed E-state index contributed by atoms with van der Waals surface area (Å²) in [4.78, 5) is 10.6. The molecule has 0 aliphatic rings. The van der Waals surface area contributed by atoms with E-state index in [0.29, 0.717) is 5.56 Å². The molecule has 0 fully saturated rings. The predicted molar refractivity (Wildman–Crippen MR) is 63.6 cm³/mol. The fraction of sp³-hybridized carbons (Fsp3) is 0.308. The summed E-state index contributed by atoms with van der Waals surface area (Å²) in [5, 5.41) is 2.41. The Labute approximate surface area is 117 Å². The minimum absolute atomic E-state index is 0.0970. The van der Waals surface area contributed by atoms with Crippen LogP contribution in [-0.4, -0.2) is 24.7 Å². The van der Waals surface area contributed by atoms with Gasteiger partial charge in [0.25, 0.3) is 0 Å². The Morgan fingerprint density at radius 1 is 1.19 bits per heavy atom. The summed E-state index contributed by atoms with van der Waals surface area (Å²) in [5.74, 6) is 4.27. The predicted octanol–water partition coefficient (Wildman–Crippen LogP) is 2.71. The first-order chi connectivity index (χ1) is 9.62. The summed E-state index contributed by atoms with van der Waals surface area (Å²) < 4.78 is 64.7. The molecule has 1 N–H and O–H groups in total. The Morgan fingerprint density at radius 3 is 2.24 bits per heavy atom. The van der Waals surface area contributed by atoms with Gasteiger partial charge < -0.3 is 10.1 Å². The van der Waals surface area contributed by atoms with E-state index >= 15 is 0 Å². The highest BCUT2D eigenvalue weighted by molar-refractivity contribution is 5.73. The zero-order valence-corrected chi connectivity index (χ0v) is 10.7. The number of hydrogen-bond donors (Lipinski definition) is 1. The molecule has 0 atom stereocenters. The molecule has 3 nitrogen and oxygen atoms in total. The molecular weight excluding hydrogens is 297 g/mol. The maximum absolute atomic E-state index is 12.6. The molecule has 0 spiro atoms. The number of alkyl halides is 5. The van der Waals surface area contributed by atoms with Crippen LogP contribution in [0.5, 0.6) is 5.75 Å². The molecule has 8 heteroatoms. The van der Waals surface area contributed by atoms with Crippen molar-refractivity contribution in [2.24, 2.45) is 0 Å². The van der Waals surface area contributed by atoms with Gasteiger partial charge >= 0.3 is 12.3 Å². The van der Waals surface area contributed by atoms with E-state index in [9.17, 15) is 26.7 Å². The lowest BCUT2D eigenvalue weighted by Gasteiger charge is -2.20. The first-order valence-corrected chi connectivity index (χ1v) is 5.59. The smallest absolute Gasteiger partial charge is 0.426 e. The van der Waals surface area contributed by atoms with Crippen molar-refractivity contribution in [1.29, 1.82) is 0 Å². The molecule has 114 valence electrons. The van der Waals surface area contributed by atoms with E-state index in [1.54, 1.807) is 0 Å². The van der Waals surface area contributed by atoms with Crippen LogP contribution < -0.4 is 10.1 Å². The van der Waals surface area contributed by atoms with Gasteiger partial charge in [-0.2, -0.15) is 22.0 Å². The molecule has 1 amide bonds. The molecule has 1 rings (SSSR count). The molecular formula is C13H10F5NO2. The Balaban J connectivity index is 2.68. The number of ether oxygens (including phenoxy) is 1. The summed E-state index contributed by atoms with van der Waals surface area (Å²) >= 11 is 0. The lowest BCUT2D eigenvalue weighted by atomic mass is 10.2. The molecule has 0 aliphatic heterocycles. The largest absolute Gasteiger partial charge is 0.499 e. The van der Waals surface area contributed by atoms with Crippen molar-refractivity contribution in [3.63, 3.8) is 0 Å². The average Bonchev–Trinajstić information content (AvgIpc) is 2.34. The zero-order chi connectivity index (χ0) is 16.1. The van der Waals surface area contributed by atoms with Gasteiger partial charge in [-0.05, 0) is 24.3 Å². The summed E-state index contributed by atoms with van der Waals surface area (Å²) in [6.45, 7) is 1.41. The van der Waals surface area contributed by atoms with Crippen molar-refractivity contribution >= 4 is 5.91 Å². The number of nitrogens with one attached hydrogen (secondary N) is 1. The number of carbonyl (C=O) groups excluding carboxylic acids is 1. The van der Waals surface area contributed by atoms with Crippen LogP contribution in [0.25, 0.3) is 0 Å². The second-order valence-electron chi connectivity index (χ2n) is 3.85. The third-order valence-corrected chi connectivity index (χ3v) is 2.09. The van der Waals surface area contributed by atoms with E-state index in [-0.39, 0.29) is 12.5 Å². The topological polar surface area (TPSA) is 38.3 Å². The zero-order valence-electron chi connectivity index (χ0n) is 10.7. The van der Waals surface area contributed by atoms with Crippen LogP contribution in [0.3, 0.4) is 0 Å². The monoisotopic (exact) mass is 307 g/mol. The van der Waals surface area contributed by atoms with E-state index < -0.39 is 18.0 Å². The highest BCUT2D eigenvalue weighted by Crippen LogP contribution is 2.37. The number of hydrogen-bond acceptors (Lipinski definition) is 2. The molecule has 0 heterocycles. The quantitative estimate of drug-likeness (QED) is 0.689. The molecule has 21 heavy (non-hydrogen) atoms. The normalized spacial score (nSPS) is 11.3. The van der Waals surface area contributed by atoms with Gasteiger partial charge in [0.1, 0.15) is 5.75 Å².